The van der Waals surface area contributed by atoms with Gasteiger partial charge in [-0.05, 0) is 55.3 Å². The molecule has 4 nitrogen and oxygen atoms in total. The van der Waals surface area contributed by atoms with Crippen molar-refractivity contribution in [1.29, 1.82) is 0 Å². The number of halogens is 1. The highest BCUT2D eigenvalue weighted by atomic mass is 32.2. The lowest BCUT2D eigenvalue weighted by atomic mass is 10.1. The summed E-state index contributed by atoms with van der Waals surface area (Å²) < 4.78 is 19.0. The predicted molar refractivity (Wildman–Crippen MR) is 97.8 cm³/mol. The zero-order valence-electron chi connectivity index (χ0n) is 14.1. The summed E-state index contributed by atoms with van der Waals surface area (Å²) in [4.78, 5) is 13.0. The highest BCUT2D eigenvalue weighted by molar-refractivity contribution is 7.99. The van der Waals surface area contributed by atoms with Gasteiger partial charge < -0.3 is 4.74 Å². The number of thioether (sulfide) groups is 1. The quantitative estimate of drug-likeness (QED) is 0.845. The van der Waals surface area contributed by atoms with Gasteiger partial charge in [-0.25, -0.2) is 9.82 Å². The van der Waals surface area contributed by atoms with Gasteiger partial charge in [-0.1, -0.05) is 6.07 Å². The Morgan fingerprint density at radius 1 is 1.24 bits per heavy atom. The summed E-state index contributed by atoms with van der Waals surface area (Å²) >= 11 is 1.66. The molecular weight excluding hydrogens is 339 g/mol. The molecule has 0 bridgehead atoms. The van der Waals surface area contributed by atoms with Crippen LogP contribution in [0.25, 0.3) is 0 Å². The number of carbonyl (C=O) groups is 1. The van der Waals surface area contributed by atoms with Crippen LogP contribution in [0.4, 0.5) is 4.39 Å². The summed E-state index contributed by atoms with van der Waals surface area (Å²) in [7, 11) is 0. The molecule has 0 atom stereocenters. The Balaban J connectivity index is 1.62. The standard InChI is InChI=1S/C19H19FN2O2S/c1-12-7-13(2)9-15(8-12)24-11-19(23)22-21-17-5-6-25-18-4-3-14(20)10-16(17)18/h3-4,7-10H,5-6,11H2,1-2H3,(H,22,23). The number of amides is 1. The molecule has 0 radical (unpaired) electrons. The number of benzene rings is 2. The maximum atomic E-state index is 13.5. The number of hydrogen-bond acceptors (Lipinski definition) is 4. The Morgan fingerprint density at radius 2 is 2.00 bits per heavy atom. The fourth-order valence-electron chi connectivity index (χ4n) is 2.69. The normalized spacial score (nSPS) is 14.9. The van der Waals surface area contributed by atoms with Crippen LogP contribution in [0.2, 0.25) is 0 Å². The van der Waals surface area contributed by atoms with Crippen molar-refractivity contribution in [3.63, 3.8) is 0 Å². The first-order valence-electron chi connectivity index (χ1n) is 8.00. The van der Waals surface area contributed by atoms with Crippen molar-refractivity contribution in [2.75, 3.05) is 12.4 Å². The SMILES string of the molecule is Cc1cc(C)cc(OCC(=O)NN=C2CCSc3ccc(F)cc32)c1. The van der Waals surface area contributed by atoms with Gasteiger partial charge in [-0.2, -0.15) is 5.10 Å². The second kappa shape index (κ2) is 7.70. The second-order valence-corrected chi connectivity index (χ2v) is 7.08. The number of rotatable bonds is 4. The summed E-state index contributed by atoms with van der Waals surface area (Å²) in [5, 5.41) is 4.17. The summed E-state index contributed by atoms with van der Waals surface area (Å²) in [5.41, 5.74) is 6.09. The Hall–Kier alpha value is -2.34. The molecule has 0 saturated heterocycles. The van der Waals surface area contributed by atoms with Crippen LogP contribution < -0.4 is 10.2 Å². The van der Waals surface area contributed by atoms with E-state index in [1.54, 1.807) is 17.8 Å². The molecule has 1 aliphatic heterocycles. The molecule has 6 heteroatoms. The minimum absolute atomic E-state index is 0.121. The van der Waals surface area contributed by atoms with Gasteiger partial charge in [-0.3, -0.25) is 4.79 Å². The van der Waals surface area contributed by atoms with E-state index < -0.39 is 0 Å². The first kappa shape index (κ1) is 17.5. The minimum Gasteiger partial charge on any atom is -0.484 e. The number of hydrazone groups is 1. The van der Waals surface area contributed by atoms with E-state index in [1.807, 2.05) is 32.0 Å². The molecule has 3 rings (SSSR count). The minimum atomic E-state index is -0.345. The lowest BCUT2D eigenvalue weighted by molar-refractivity contribution is -0.123. The predicted octanol–water partition coefficient (Wildman–Crippen LogP) is 3.84. The maximum absolute atomic E-state index is 13.5. The molecule has 1 N–H and O–H groups in total. The smallest absolute Gasteiger partial charge is 0.277 e. The van der Waals surface area contributed by atoms with E-state index in [1.165, 1.54) is 12.1 Å². The Morgan fingerprint density at radius 3 is 2.76 bits per heavy atom. The molecule has 0 fully saturated rings. The van der Waals surface area contributed by atoms with Crippen LogP contribution in [0.1, 0.15) is 23.1 Å². The van der Waals surface area contributed by atoms with Crippen LogP contribution >= 0.6 is 11.8 Å². The van der Waals surface area contributed by atoms with Crippen molar-refractivity contribution in [2.45, 2.75) is 25.2 Å². The first-order valence-corrected chi connectivity index (χ1v) is 8.99. The van der Waals surface area contributed by atoms with E-state index in [-0.39, 0.29) is 18.3 Å². The third kappa shape index (κ3) is 4.60. The fourth-order valence-corrected chi connectivity index (χ4v) is 3.70. The summed E-state index contributed by atoms with van der Waals surface area (Å²) in [5.74, 6) is 0.856. The zero-order valence-corrected chi connectivity index (χ0v) is 15.0. The molecule has 1 amide bonds. The monoisotopic (exact) mass is 358 g/mol. The second-order valence-electron chi connectivity index (χ2n) is 5.94. The van der Waals surface area contributed by atoms with Crippen LogP contribution in [0.5, 0.6) is 5.75 Å². The van der Waals surface area contributed by atoms with E-state index in [2.05, 4.69) is 10.5 Å². The highest BCUT2D eigenvalue weighted by Crippen LogP contribution is 2.30. The number of nitrogens with zero attached hydrogens (tertiary/aromatic N) is 1. The van der Waals surface area contributed by atoms with Gasteiger partial charge in [0.2, 0.25) is 0 Å². The lowest BCUT2D eigenvalue weighted by Crippen LogP contribution is -2.26. The number of nitrogens with one attached hydrogen (secondary N) is 1. The fraction of sp³-hybridized carbons (Fsp3) is 0.263. The highest BCUT2D eigenvalue weighted by Gasteiger charge is 2.17. The van der Waals surface area contributed by atoms with E-state index in [0.717, 1.165) is 27.3 Å². The van der Waals surface area contributed by atoms with Crippen LogP contribution in [-0.2, 0) is 4.79 Å². The van der Waals surface area contributed by atoms with Crippen molar-refractivity contribution in [3.8, 4) is 5.75 Å². The number of hydrogen-bond donors (Lipinski definition) is 1. The molecule has 0 unspecified atom stereocenters. The summed E-state index contributed by atoms with van der Waals surface area (Å²) in [6.45, 7) is 3.83. The van der Waals surface area contributed by atoms with Crippen LogP contribution in [-0.4, -0.2) is 24.0 Å². The van der Waals surface area contributed by atoms with Gasteiger partial charge in [0.15, 0.2) is 6.61 Å². The molecule has 2 aromatic rings. The summed E-state index contributed by atoms with van der Waals surface area (Å²) in [6, 6.07) is 10.4. The largest absolute Gasteiger partial charge is 0.484 e. The van der Waals surface area contributed by atoms with E-state index >= 15 is 0 Å². The topological polar surface area (TPSA) is 50.7 Å². The molecule has 0 saturated carbocycles. The van der Waals surface area contributed by atoms with Crippen molar-refractivity contribution < 1.29 is 13.9 Å². The number of fused-ring (bicyclic) bond motifs is 1. The van der Waals surface area contributed by atoms with Crippen molar-refractivity contribution in [3.05, 3.63) is 58.9 Å². The van der Waals surface area contributed by atoms with Gasteiger partial charge in [0.05, 0.1) is 5.71 Å². The molecule has 2 aromatic carbocycles. The van der Waals surface area contributed by atoms with Crippen LogP contribution in [0, 0.1) is 19.7 Å². The number of aryl methyl sites for hydroxylation is 2. The molecule has 25 heavy (non-hydrogen) atoms. The molecule has 1 heterocycles. The van der Waals surface area contributed by atoms with Gasteiger partial charge in [0.25, 0.3) is 5.91 Å². The van der Waals surface area contributed by atoms with Gasteiger partial charge >= 0.3 is 0 Å². The Labute approximate surface area is 150 Å². The average molecular weight is 358 g/mol. The van der Waals surface area contributed by atoms with E-state index in [0.29, 0.717) is 17.9 Å². The third-order valence-electron chi connectivity index (χ3n) is 3.73. The van der Waals surface area contributed by atoms with Crippen molar-refractivity contribution in [1.82, 2.24) is 5.43 Å². The van der Waals surface area contributed by atoms with Crippen LogP contribution in [0.3, 0.4) is 0 Å². The molecule has 0 aliphatic carbocycles. The first-order chi connectivity index (χ1) is 12.0. The van der Waals surface area contributed by atoms with Gasteiger partial charge in [-0.15, -0.1) is 11.8 Å². The molecular formula is C19H19FN2O2S. The Bertz CT molecular complexity index is 816. The summed E-state index contributed by atoms with van der Waals surface area (Å²) in [6.07, 6.45) is 0.680. The molecule has 1 aliphatic rings. The maximum Gasteiger partial charge on any atom is 0.277 e. The van der Waals surface area contributed by atoms with Crippen molar-refractivity contribution in [2.24, 2.45) is 5.10 Å². The number of ether oxygens (including phenoxy) is 1. The number of carbonyl (C=O) groups excluding carboxylic acids is 1. The Kier molecular flexibility index (Phi) is 5.38. The zero-order chi connectivity index (χ0) is 17.8. The molecule has 0 spiro atoms. The van der Waals surface area contributed by atoms with Gasteiger partial charge in [0.1, 0.15) is 11.6 Å². The molecule has 0 aromatic heterocycles. The third-order valence-corrected chi connectivity index (χ3v) is 4.80. The van der Waals surface area contributed by atoms with E-state index in [9.17, 15) is 9.18 Å². The van der Waals surface area contributed by atoms with Crippen LogP contribution in [0.15, 0.2) is 46.4 Å². The van der Waals surface area contributed by atoms with E-state index in [4.69, 9.17) is 4.74 Å². The molecule has 130 valence electrons. The van der Waals surface area contributed by atoms with Gasteiger partial charge in [0, 0.05) is 22.6 Å². The van der Waals surface area contributed by atoms with Crippen molar-refractivity contribution >= 4 is 23.4 Å². The lowest BCUT2D eigenvalue weighted by Gasteiger charge is -2.17. The average Bonchev–Trinajstić information content (AvgIpc) is 2.57.